The number of carbonyl (C=O) groups is 2. The highest BCUT2D eigenvalue weighted by molar-refractivity contribution is 7.80. The van der Waals surface area contributed by atoms with Gasteiger partial charge in [0.2, 0.25) is 5.91 Å². The Balaban J connectivity index is 1.52. The van der Waals surface area contributed by atoms with Gasteiger partial charge in [0.25, 0.3) is 5.91 Å². The second-order valence-corrected chi connectivity index (χ2v) is 9.25. The molecule has 3 aromatic rings. The molecule has 4 rings (SSSR count). The molecule has 7 nitrogen and oxygen atoms in total. The summed E-state index contributed by atoms with van der Waals surface area (Å²) in [6.45, 7) is 2.94. The number of carbonyl (C=O) groups excluding carboxylic acids is 2. The first-order chi connectivity index (χ1) is 17.9. The summed E-state index contributed by atoms with van der Waals surface area (Å²) >= 11 is 11.8. The fourth-order valence-electron chi connectivity index (χ4n) is 4.15. The lowest BCUT2D eigenvalue weighted by atomic mass is 10.1. The Bertz CT molecular complexity index is 1250. The van der Waals surface area contributed by atoms with Crippen molar-refractivity contribution in [1.29, 1.82) is 0 Å². The zero-order valence-corrected chi connectivity index (χ0v) is 22.2. The van der Waals surface area contributed by atoms with Crippen LogP contribution in [0.25, 0.3) is 0 Å². The molecule has 0 radical (unpaired) electrons. The zero-order chi connectivity index (χ0) is 26.4. The van der Waals surface area contributed by atoms with E-state index < -0.39 is 6.04 Å². The van der Waals surface area contributed by atoms with E-state index in [0.29, 0.717) is 46.8 Å². The number of amides is 2. The van der Waals surface area contributed by atoms with Crippen LogP contribution in [0.1, 0.15) is 18.9 Å². The molecule has 192 valence electrons. The Hall–Kier alpha value is -3.62. The molecule has 1 fully saturated rings. The highest BCUT2D eigenvalue weighted by atomic mass is 35.5. The molecule has 0 bridgehead atoms. The molecule has 0 aliphatic carbocycles. The van der Waals surface area contributed by atoms with E-state index in [-0.39, 0.29) is 18.2 Å². The smallest absolute Gasteiger partial charge is 0.256 e. The number of anilines is 2. The van der Waals surface area contributed by atoms with E-state index >= 15 is 0 Å². The van der Waals surface area contributed by atoms with Gasteiger partial charge in [0.05, 0.1) is 25.8 Å². The maximum atomic E-state index is 13.6. The molecule has 1 aliphatic rings. The molecule has 0 saturated carbocycles. The summed E-state index contributed by atoms with van der Waals surface area (Å²) in [5.41, 5.74) is 2.31. The summed E-state index contributed by atoms with van der Waals surface area (Å²) < 4.78 is 10.7. The lowest BCUT2D eigenvalue weighted by Crippen LogP contribution is -2.39. The predicted molar refractivity (Wildman–Crippen MR) is 150 cm³/mol. The number of thiocarbonyl (C=S) groups is 1. The first-order valence-electron chi connectivity index (χ1n) is 12.0. The molecular formula is C28H28ClN3O4S. The van der Waals surface area contributed by atoms with Crippen molar-refractivity contribution in [2.24, 2.45) is 0 Å². The number of hydrogen-bond acceptors (Lipinski definition) is 5. The van der Waals surface area contributed by atoms with Crippen LogP contribution in [0, 0.1) is 0 Å². The topological polar surface area (TPSA) is 71.1 Å². The van der Waals surface area contributed by atoms with Gasteiger partial charge < -0.3 is 19.7 Å². The van der Waals surface area contributed by atoms with Crippen LogP contribution in [0.5, 0.6) is 11.5 Å². The summed E-state index contributed by atoms with van der Waals surface area (Å²) in [5.74, 6) is 0.874. The fourth-order valence-corrected chi connectivity index (χ4v) is 4.69. The quantitative estimate of drug-likeness (QED) is 0.353. The molecule has 1 atom stereocenters. The third-order valence-corrected chi connectivity index (χ3v) is 6.70. The summed E-state index contributed by atoms with van der Waals surface area (Å²) in [6, 6.07) is 21.0. The summed E-state index contributed by atoms with van der Waals surface area (Å²) in [7, 11) is 1.58. The second-order valence-electron chi connectivity index (χ2n) is 8.45. The number of ether oxygens (including phenoxy) is 2. The Morgan fingerprint density at radius 2 is 1.65 bits per heavy atom. The minimum absolute atomic E-state index is 0.0422. The standard InChI is InChI=1S/C28H28ClN3O4S/c1-3-36-24-12-8-21(9-13-24)30-26(33)18-25-27(34)32(22-10-14-23(35-2)15-11-22)28(37)31(25)17-16-19-4-6-20(29)7-5-19/h4-15,25H,3,16-18H2,1-2H3,(H,30,33). The van der Waals surface area contributed by atoms with Crippen molar-refractivity contribution >= 4 is 52.1 Å². The SMILES string of the molecule is CCOc1ccc(NC(=O)CC2C(=O)N(c3ccc(OC)cc3)C(=S)N2CCc2ccc(Cl)cc2)cc1. The van der Waals surface area contributed by atoms with E-state index in [2.05, 4.69) is 5.32 Å². The van der Waals surface area contributed by atoms with Gasteiger partial charge in [-0.2, -0.15) is 0 Å². The molecule has 1 aliphatic heterocycles. The van der Waals surface area contributed by atoms with Crippen LogP contribution in [0.2, 0.25) is 5.02 Å². The minimum atomic E-state index is -0.732. The van der Waals surface area contributed by atoms with E-state index in [4.69, 9.17) is 33.3 Å². The molecule has 1 unspecified atom stereocenters. The molecule has 0 aromatic heterocycles. The van der Waals surface area contributed by atoms with Crippen molar-refractivity contribution in [2.45, 2.75) is 25.8 Å². The minimum Gasteiger partial charge on any atom is -0.497 e. The number of rotatable bonds is 10. The average molecular weight is 538 g/mol. The van der Waals surface area contributed by atoms with E-state index in [1.807, 2.05) is 36.1 Å². The first kappa shape index (κ1) is 26.4. The van der Waals surface area contributed by atoms with Gasteiger partial charge in [-0.05, 0) is 91.8 Å². The highest BCUT2D eigenvalue weighted by Crippen LogP contribution is 2.29. The van der Waals surface area contributed by atoms with Gasteiger partial charge in [0.15, 0.2) is 5.11 Å². The number of halogens is 1. The zero-order valence-electron chi connectivity index (χ0n) is 20.6. The summed E-state index contributed by atoms with van der Waals surface area (Å²) in [6.07, 6.45) is 0.595. The van der Waals surface area contributed by atoms with Gasteiger partial charge in [-0.25, -0.2) is 0 Å². The molecule has 3 aromatic carbocycles. The Labute approximate surface area is 226 Å². The van der Waals surface area contributed by atoms with Crippen LogP contribution in [0.15, 0.2) is 72.8 Å². The molecule has 37 heavy (non-hydrogen) atoms. The molecule has 0 spiro atoms. The molecule has 1 saturated heterocycles. The summed E-state index contributed by atoms with van der Waals surface area (Å²) in [5, 5.41) is 3.90. The van der Waals surface area contributed by atoms with E-state index in [1.54, 1.807) is 55.6 Å². The first-order valence-corrected chi connectivity index (χ1v) is 12.7. The second kappa shape index (κ2) is 12.1. The lowest BCUT2D eigenvalue weighted by Gasteiger charge is -2.24. The highest BCUT2D eigenvalue weighted by Gasteiger charge is 2.43. The molecular weight excluding hydrogens is 510 g/mol. The molecule has 2 amide bonds. The lowest BCUT2D eigenvalue weighted by molar-refractivity contribution is -0.124. The number of hydrogen-bond donors (Lipinski definition) is 1. The summed E-state index contributed by atoms with van der Waals surface area (Å²) in [4.78, 5) is 29.9. The Kier molecular flexibility index (Phi) is 8.63. The average Bonchev–Trinajstić information content (AvgIpc) is 3.13. The van der Waals surface area contributed by atoms with E-state index in [9.17, 15) is 9.59 Å². The number of nitrogens with zero attached hydrogens (tertiary/aromatic N) is 2. The number of nitrogens with one attached hydrogen (secondary N) is 1. The van der Waals surface area contributed by atoms with Crippen molar-refractivity contribution in [3.05, 3.63) is 83.4 Å². The monoisotopic (exact) mass is 537 g/mol. The normalized spacial score (nSPS) is 15.2. The third-order valence-electron chi connectivity index (χ3n) is 6.03. The van der Waals surface area contributed by atoms with E-state index in [1.165, 1.54) is 4.90 Å². The fraction of sp³-hybridized carbons (Fsp3) is 0.250. The largest absolute Gasteiger partial charge is 0.497 e. The van der Waals surface area contributed by atoms with Crippen LogP contribution in [0.3, 0.4) is 0 Å². The van der Waals surface area contributed by atoms with Crippen molar-refractivity contribution < 1.29 is 19.1 Å². The van der Waals surface area contributed by atoms with Crippen LogP contribution in [-0.4, -0.2) is 48.1 Å². The van der Waals surface area contributed by atoms with Crippen LogP contribution in [-0.2, 0) is 16.0 Å². The Morgan fingerprint density at radius 1 is 1.00 bits per heavy atom. The molecule has 1 heterocycles. The van der Waals surface area contributed by atoms with Crippen LogP contribution < -0.4 is 19.7 Å². The number of benzene rings is 3. The van der Waals surface area contributed by atoms with Gasteiger partial charge in [-0.15, -0.1) is 0 Å². The predicted octanol–water partition coefficient (Wildman–Crippen LogP) is 5.32. The maximum Gasteiger partial charge on any atom is 0.256 e. The van der Waals surface area contributed by atoms with Crippen molar-refractivity contribution in [3.8, 4) is 11.5 Å². The van der Waals surface area contributed by atoms with Crippen LogP contribution >= 0.6 is 23.8 Å². The van der Waals surface area contributed by atoms with Gasteiger partial charge >= 0.3 is 0 Å². The van der Waals surface area contributed by atoms with E-state index in [0.717, 1.165) is 11.3 Å². The number of methoxy groups -OCH3 is 1. The van der Waals surface area contributed by atoms with Gasteiger partial charge in [-0.1, -0.05) is 23.7 Å². The maximum absolute atomic E-state index is 13.6. The third kappa shape index (κ3) is 6.39. The Morgan fingerprint density at radius 3 is 2.27 bits per heavy atom. The van der Waals surface area contributed by atoms with Gasteiger partial charge in [0.1, 0.15) is 17.5 Å². The van der Waals surface area contributed by atoms with Crippen molar-refractivity contribution in [2.75, 3.05) is 30.5 Å². The van der Waals surface area contributed by atoms with Crippen LogP contribution in [0.4, 0.5) is 11.4 Å². The molecule has 9 heteroatoms. The molecule has 1 N–H and O–H groups in total. The van der Waals surface area contributed by atoms with Crippen molar-refractivity contribution in [3.63, 3.8) is 0 Å². The van der Waals surface area contributed by atoms with Gasteiger partial charge in [0, 0.05) is 17.3 Å². The van der Waals surface area contributed by atoms with Gasteiger partial charge in [-0.3, -0.25) is 14.5 Å². The van der Waals surface area contributed by atoms with Crippen molar-refractivity contribution in [1.82, 2.24) is 4.90 Å².